The molecule has 3 rings (SSSR count). The van der Waals surface area contributed by atoms with Gasteiger partial charge in [-0.1, -0.05) is 35.2 Å². The Kier molecular flexibility index (Phi) is 5.81. The van der Waals surface area contributed by atoms with Crippen LogP contribution in [0.15, 0.2) is 34.9 Å². The lowest BCUT2D eigenvalue weighted by molar-refractivity contribution is -0.121. The summed E-state index contributed by atoms with van der Waals surface area (Å²) < 4.78 is 3.01. The number of thioether (sulfide) groups is 1. The minimum absolute atomic E-state index is 0.0736. The van der Waals surface area contributed by atoms with Crippen LogP contribution in [0.5, 0.6) is 0 Å². The summed E-state index contributed by atoms with van der Waals surface area (Å²) >= 11 is 3.29. The van der Waals surface area contributed by atoms with Crippen molar-refractivity contribution in [3.63, 3.8) is 0 Å². The summed E-state index contributed by atoms with van der Waals surface area (Å²) in [4.78, 5) is 16.3. The molecule has 0 atom stereocenters. The molecule has 1 amide bonds. The smallest absolute Gasteiger partial charge is 0.221 e. The van der Waals surface area contributed by atoms with Gasteiger partial charge in [-0.15, -0.1) is 10.2 Å². The maximum absolute atomic E-state index is 11.9. The molecule has 2 aromatic heterocycles. The summed E-state index contributed by atoms with van der Waals surface area (Å²) in [5.74, 6) is 1.01. The highest BCUT2D eigenvalue weighted by Crippen LogP contribution is 2.22. The highest BCUT2D eigenvalue weighted by atomic mass is 32.2. The molecule has 24 heavy (non-hydrogen) atoms. The first-order valence-corrected chi connectivity index (χ1v) is 9.62. The number of aryl methyl sites for hydroxylation is 2. The van der Waals surface area contributed by atoms with Crippen LogP contribution < -0.4 is 5.32 Å². The molecule has 0 fully saturated rings. The lowest BCUT2D eigenvalue weighted by Crippen LogP contribution is -2.25. The quantitative estimate of drug-likeness (QED) is 0.493. The molecule has 0 bridgehead atoms. The summed E-state index contributed by atoms with van der Waals surface area (Å²) in [5.41, 5.74) is 2.02. The lowest BCUT2D eigenvalue weighted by atomic mass is 10.3. The molecule has 0 aliphatic heterocycles. The van der Waals surface area contributed by atoms with Crippen LogP contribution in [-0.4, -0.2) is 38.0 Å². The molecule has 0 spiro atoms. The Balaban J connectivity index is 1.34. The molecule has 3 aromatic rings. The maximum Gasteiger partial charge on any atom is 0.221 e. The maximum atomic E-state index is 11.9. The number of hydrogen-bond donors (Lipinski definition) is 1. The molecule has 126 valence electrons. The number of imidazole rings is 1. The zero-order chi connectivity index (χ0) is 16.8. The fourth-order valence-electron chi connectivity index (χ4n) is 2.30. The Bertz CT molecular complexity index is 814. The number of rotatable bonds is 8. The highest BCUT2D eigenvalue weighted by Gasteiger charge is 2.05. The molecule has 1 N–H and O–H groups in total. The molecule has 2 heterocycles. The van der Waals surface area contributed by atoms with Crippen LogP contribution in [0.2, 0.25) is 0 Å². The Morgan fingerprint density at radius 2 is 2.21 bits per heavy atom. The number of nitrogens with one attached hydrogen (secondary N) is 1. The van der Waals surface area contributed by atoms with E-state index in [9.17, 15) is 4.79 Å². The predicted molar refractivity (Wildman–Crippen MR) is 97.3 cm³/mol. The Morgan fingerprint density at radius 3 is 3.04 bits per heavy atom. The van der Waals surface area contributed by atoms with E-state index >= 15 is 0 Å². The lowest BCUT2D eigenvalue weighted by Gasteiger charge is -2.06. The van der Waals surface area contributed by atoms with Crippen LogP contribution >= 0.6 is 23.1 Å². The zero-order valence-electron chi connectivity index (χ0n) is 13.4. The van der Waals surface area contributed by atoms with Crippen molar-refractivity contribution in [3.8, 4) is 0 Å². The Morgan fingerprint density at radius 1 is 1.33 bits per heavy atom. The first-order valence-electron chi connectivity index (χ1n) is 7.82. The first-order chi connectivity index (χ1) is 11.7. The van der Waals surface area contributed by atoms with Crippen molar-refractivity contribution in [1.29, 1.82) is 0 Å². The van der Waals surface area contributed by atoms with Gasteiger partial charge in [0.2, 0.25) is 5.91 Å². The van der Waals surface area contributed by atoms with Crippen LogP contribution in [0, 0.1) is 6.92 Å². The first kappa shape index (κ1) is 16.9. The molecule has 6 nitrogen and oxygen atoms in total. The summed E-state index contributed by atoms with van der Waals surface area (Å²) in [5, 5.41) is 12.0. The van der Waals surface area contributed by atoms with E-state index in [2.05, 4.69) is 20.5 Å². The highest BCUT2D eigenvalue weighted by molar-refractivity contribution is 8.01. The molecule has 0 saturated carbocycles. The largest absolute Gasteiger partial charge is 0.356 e. The Labute approximate surface area is 148 Å². The molecule has 0 unspecified atom stereocenters. The number of carbonyl (C=O) groups excluding carboxylic acids is 1. The van der Waals surface area contributed by atoms with Crippen molar-refractivity contribution in [3.05, 3.63) is 35.6 Å². The summed E-state index contributed by atoms with van der Waals surface area (Å²) in [6.07, 6.45) is 3.17. The van der Waals surface area contributed by atoms with Gasteiger partial charge in [-0.05, 0) is 25.5 Å². The summed E-state index contributed by atoms with van der Waals surface area (Å²) in [6, 6.07) is 7.95. The summed E-state index contributed by atoms with van der Waals surface area (Å²) in [6.45, 7) is 3.28. The van der Waals surface area contributed by atoms with E-state index in [0.29, 0.717) is 19.5 Å². The van der Waals surface area contributed by atoms with Gasteiger partial charge in [0.1, 0.15) is 5.01 Å². The molecule has 1 aromatic carbocycles. The third-order valence-corrected chi connectivity index (χ3v) is 5.54. The molecule has 0 aliphatic rings. The van der Waals surface area contributed by atoms with Gasteiger partial charge >= 0.3 is 0 Å². The van der Waals surface area contributed by atoms with Crippen LogP contribution in [0.1, 0.15) is 17.8 Å². The van der Waals surface area contributed by atoms with Gasteiger partial charge in [0.05, 0.1) is 17.4 Å². The van der Waals surface area contributed by atoms with Gasteiger partial charge in [-0.2, -0.15) is 0 Å². The van der Waals surface area contributed by atoms with E-state index < -0.39 is 0 Å². The average molecular weight is 361 g/mol. The second-order valence-electron chi connectivity index (χ2n) is 5.32. The van der Waals surface area contributed by atoms with Gasteiger partial charge < -0.3 is 9.88 Å². The van der Waals surface area contributed by atoms with Crippen molar-refractivity contribution in [2.75, 3.05) is 12.3 Å². The fourth-order valence-corrected chi connectivity index (χ4v) is 4.12. The number of fused-ring (bicyclic) bond motifs is 1. The number of para-hydroxylation sites is 2. The van der Waals surface area contributed by atoms with E-state index in [1.54, 1.807) is 29.4 Å². The zero-order valence-corrected chi connectivity index (χ0v) is 15.1. The number of hydrogen-bond acceptors (Lipinski definition) is 6. The van der Waals surface area contributed by atoms with Crippen molar-refractivity contribution in [2.45, 2.75) is 30.6 Å². The van der Waals surface area contributed by atoms with E-state index in [1.807, 2.05) is 35.8 Å². The van der Waals surface area contributed by atoms with Crippen molar-refractivity contribution < 1.29 is 4.79 Å². The second kappa shape index (κ2) is 8.25. The SMILES string of the molecule is Cc1nnc(SCCCNC(=O)CCn2cnc3ccccc32)s1. The molecule has 0 aliphatic carbocycles. The standard InChI is InChI=1S/C16H19N5OS2/c1-12-19-20-16(24-12)23-10-4-8-17-15(22)7-9-21-11-18-13-5-2-3-6-14(13)21/h2-3,5-6,11H,4,7-10H2,1H3,(H,17,22). The predicted octanol–water partition coefficient (Wildman–Crippen LogP) is 2.88. The van der Waals surface area contributed by atoms with E-state index in [1.165, 1.54) is 0 Å². The van der Waals surface area contributed by atoms with Gasteiger partial charge in [0.15, 0.2) is 4.34 Å². The summed E-state index contributed by atoms with van der Waals surface area (Å²) in [7, 11) is 0. The van der Waals surface area contributed by atoms with E-state index in [4.69, 9.17) is 0 Å². The third kappa shape index (κ3) is 4.55. The van der Waals surface area contributed by atoms with Crippen molar-refractivity contribution in [1.82, 2.24) is 25.1 Å². The van der Waals surface area contributed by atoms with Gasteiger partial charge in [0, 0.05) is 25.3 Å². The normalized spacial score (nSPS) is 11.0. The minimum Gasteiger partial charge on any atom is -0.356 e. The van der Waals surface area contributed by atoms with Crippen molar-refractivity contribution >= 4 is 40.0 Å². The molecular weight excluding hydrogens is 342 g/mol. The number of benzene rings is 1. The van der Waals surface area contributed by atoms with Crippen molar-refractivity contribution in [2.24, 2.45) is 0 Å². The second-order valence-corrected chi connectivity index (χ2v) is 7.84. The fraction of sp³-hybridized carbons (Fsp3) is 0.375. The average Bonchev–Trinajstić information content (AvgIpc) is 3.19. The topological polar surface area (TPSA) is 72.7 Å². The Hall–Kier alpha value is -1.93. The van der Waals surface area contributed by atoms with E-state index in [0.717, 1.165) is 32.6 Å². The number of amides is 1. The van der Waals surface area contributed by atoms with Gasteiger partial charge in [0.25, 0.3) is 0 Å². The van der Waals surface area contributed by atoms with Crippen LogP contribution in [0.25, 0.3) is 11.0 Å². The molecule has 0 saturated heterocycles. The van der Waals surface area contributed by atoms with Crippen LogP contribution in [-0.2, 0) is 11.3 Å². The molecular formula is C16H19N5OS2. The van der Waals surface area contributed by atoms with Gasteiger partial charge in [-0.3, -0.25) is 4.79 Å². The monoisotopic (exact) mass is 361 g/mol. The number of aromatic nitrogens is 4. The van der Waals surface area contributed by atoms with Gasteiger partial charge in [-0.25, -0.2) is 4.98 Å². The molecule has 0 radical (unpaired) electrons. The van der Waals surface area contributed by atoms with E-state index in [-0.39, 0.29) is 5.91 Å². The van der Waals surface area contributed by atoms with Crippen LogP contribution in [0.3, 0.4) is 0 Å². The molecule has 8 heteroatoms. The third-order valence-electron chi connectivity index (χ3n) is 3.48. The minimum atomic E-state index is 0.0736. The number of nitrogens with zero attached hydrogens (tertiary/aromatic N) is 4. The van der Waals surface area contributed by atoms with Crippen LogP contribution in [0.4, 0.5) is 0 Å². The number of carbonyl (C=O) groups is 1.